The van der Waals surface area contributed by atoms with Crippen molar-refractivity contribution in [3.63, 3.8) is 0 Å². The van der Waals surface area contributed by atoms with Gasteiger partial charge in [-0.3, -0.25) is 0 Å². The van der Waals surface area contributed by atoms with Crippen LogP contribution in [-0.4, -0.2) is 5.91 Å². The molecule has 0 unspecified atom stereocenters. The molecule has 1 N–H and O–H groups in total. The Morgan fingerprint density at radius 2 is 1.94 bits per heavy atom. The molecule has 2 nitrogen and oxygen atoms in total. The summed E-state index contributed by atoms with van der Waals surface area (Å²) in [4.78, 5) is 12.0. The van der Waals surface area contributed by atoms with Gasteiger partial charge in [-0.1, -0.05) is 0 Å². The number of hydrogen-bond donors (Lipinski definition) is 1. The van der Waals surface area contributed by atoms with E-state index in [-0.39, 0.29) is 5.91 Å². The van der Waals surface area contributed by atoms with E-state index in [0.717, 1.165) is 15.4 Å². The molecule has 5 heteroatoms. The number of carbonyl (C=O) groups excluding carboxylic acids is 1. The van der Waals surface area contributed by atoms with Gasteiger partial charge in [-0.2, -0.15) is 0 Å². The van der Waals surface area contributed by atoms with Crippen molar-refractivity contribution in [1.29, 1.82) is 0 Å². The average molecular weight is 434 g/mol. The predicted molar refractivity (Wildman–Crippen MR) is 67.6 cm³/mol. The fraction of sp³-hybridized carbons (Fsp3) is 0.0833. The van der Waals surface area contributed by atoms with Crippen molar-refractivity contribution in [3.05, 3.63) is 51.4 Å². The monoisotopic (exact) mass is 434 g/mol. The van der Waals surface area contributed by atoms with Gasteiger partial charge in [0.05, 0.1) is 0 Å². The molecule has 1 aromatic rings. The Morgan fingerprint density at radius 1 is 1.24 bits per heavy atom. The van der Waals surface area contributed by atoms with Gasteiger partial charge in [0.15, 0.2) is 0 Å². The van der Waals surface area contributed by atoms with Crippen LogP contribution in [0.1, 0.15) is 6.42 Å². The average Bonchev–Trinajstić information content (AvgIpc) is 2.79. The molecule has 1 amide bonds. The summed E-state index contributed by atoms with van der Waals surface area (Å²) in [6, 6.07) is 9.35. The minimum absolute atomic E-state index is 0.122. The van der Waals surface area contributed by atoms with Gasteiger partial charge in [-0.15, -0.1) is 0 Å². The maximum absolute atomic E-state index is 12.0. The van der Waals surface area contributed by atoms with E-state index in [4.69, 9.17) is 17.2 Å². The van der Waals surface area contributed by atoms with Crippen LogP contribution in [0.4, 0.5) is 5.69 Å². The zero-order valence-corrected chi connectivity index (χ0v) is 14.0. The zero-order chi connectivity index (χ0) is 12.3. The van der Waals surface area contributed by atoms with E-state index < -0.39 is 19.1 Å². The number of benzene rings is 1. The summed E-state index contributed by atoms with van der Waals surface area (Å²) in [6.45, 7) is 0. The van der Waals surface area contributed by atoms with Crippen LogP contribution in [0.2, 0.25) is 0 Å². The number of para-hydroxylation sites is 1. The Balaban J connectivity index is 2.16. The van der Waals surface area contributed by atoms with Gasteiger partial charge < -0.3 is 0 Å². The molecule has 1 aliphatic rings. The summed E-state index contributed by atoms with van der Waals surface area (Å²) >= 11 is -2.64. The number of rotatable bonds is 3. The first-order valence-corrected chi connectivity index (χ1v) is 15.8. The van der Waals surface area contributed by atoms with Crippen LogP contribution >= 0.6 is 17.2 Å². The SMILES string of the molecule is O=C(Nc1ccccc1)C1=[C]([Hf]([Cl])[Cl])CC=C1. The number of anilines is 1. The molecular weight excluding hydrogens is 424 g/mol. The van der Waals surface area contributed by atoms with Crippen LogP contribution in [0, 0.1) is 0 Å². The van der Waals surface area contributed by atoms with Crippen molar-refractivity contribution in [3.8, 4) is 0 Å². The van der Waals surface area contributed by atoms with Gasteiger partial charge in [0, 0.05) is 0 Å². The van der Waals surface area contributed by atoms with E-state index in [1.54, 1.807) is 0 Å². The van der Waals surface area contributed by atoms with E-state index >= 15 is 0 Å². The Morgan fingerprint density at radius 3 is 2.59 bits per heavy atom. The van der Waals surface area contributed by atoms with Crippen LogP contribution in [0.15, 0.2) is 51.4 Å². The van der Waals surface area contributed by atoms with Gasteiger partial charge in [-0.25, -0.2) is 0 Å². The quantitative estimate of drug-likeness (QED) is 0.723. The molecule has 2 rings (SSSR count). The zero-order valence-electron chi connectivity index (χ0n) is 8.91. The number of amides is 1. The second kappa shape index (κ2) is 5.98. The van der Waals surface area contributed by atoms with Crippen molar-refractivity contribution in [1.82, 2.24) is 0 Å². The number of allylic oxidation sites excluding steroid dienone is 2. The molecule has 0 heterocycles. The first-order chi connectivity index (χ1) is 8.18. The fourth-order valence-electron chi connectivity index (χ4n) is 1.62. The van der Waals surface area contributed by atoms with Crippen LogP contribution in [0.3, 0.4) is 0 Å². The van der Waals surface area contributed by atoms with Gasteiger partial charge >= 0.3 is 116 Å². The Labute approximate surface area is 115 Å². The summed E-state index contributed by atoms with van der Waals surface area (Å²) in [5, 5.41) is 2.84. The van der Waals surface area contributed by atoms with Crippen LogP contribution in [0.5, 0.6) is 0 Å². The molecule has 0 fully saturated rings. The Hall–Kier alpha value is -0.380. The van der Waals surface area contributed by atoms with Gasteiger partial charge in [-0.05, 0) is 0 Å². The Kier molecular flexibility index (Phi) is 4.60. The third-order valence-corrected chi connectivity index (χ3v) is 9.51. The van der Waals surface area contributed by atoms with Crippen LogP contribution in [0.25, 0.3) is 0 Å². The second-order valence-corrected chi connectivity index (χ2v) is 15.4. The molecular formula is C12H10Cl2HfNO. The molecule has 0 saturated heterocycles. The summed E-state index contributed by atoms with van der Waals surface area (Å²) < 4.78 is 0.965. The van der Waals surface area contributed by atoms with Crippen LogP contribution < -0.4 is 5.32 Å². The van der Waals surface area contributed by atoms with Crippen molar-refractivity contribution in [2.24, 2.45) is 0 Å². The third kappa shape index (κ3) is 3.30. The molecule has 87 valence electrons. The molecule has 0 aromatic heterocycles. The molecule has 17 heavy (non-hydrogen) atoms. The number of halogens is 2. The topological polar surface area (TPSA) is 29.1 Å². The molecule has 0 bridgehead atoms. The molecule has 0 aliphatic heterocycles. The van der Waals surface area contributed by atoms with Crippen molar-refractivity contribution < 1.29 is 23.9 Å². The molecule has 0 spiro atoms. The Bertz CT molecular complexity index is 483. The van der Waals surface area contributed by atoms with Crippen molar-refractivity contribution in [2.75, 3.05) is 5.32 Å². The van der Waals surface area contributed by atoms with E-state index in [1.165, 1.54) is 0 Å². The van der Waals surface area contributed by atoms with E-state index in [0.29, 0.717) is 5.57 Å². The first kappa shape index (κ1) is 13.1. The van der Waals surface area contributed by atoms with E-state index in [1.807, 2.05) is 42.5 Å². The van der Waals surface area contributed by atoms with Crippen molar-refractivity contribution >= 4 is 28.7 Å². The molecule has 1 aliphatic carbocycles. The summed E-state index contributed by atoms with van der Waals surface area (Å²) in [5.74, 6) is -0.122. The number of nitrogens with one attached hydrogen (secondary N) is 1. The summed E-state index contributed by atoms with van der Waals surface area (Å²) in [6.07, 6.45) is 4.47. The third-order valence-electron chi connectivity index (χ3n) is 2.44. The normalized spacial score (nSPS) is 14.0. The first-order valence-electron chi connectivity index (χ1n) is 5.13. The van der Waals surface area contributed by atoms with Gasteiger partial charge in [0.25, 0.3) is 0 Å². The molecule has 0 atom stereocenters. The molecule has 0 saturated carbocycles. The fourth-order valence-corrected chi connectivity index (χ4v) is 6.96. The van der Waals surface area contributed by atoms with E-state index in [2.05, 4.69) is 5.32 Å². The van der Waals surface area contributed by atoms with E-state index in [9.17, 15) is 4.79 Å². The summed E-state index contributed by atoms with van der Waals surface area (Å²) in [5.41, 5.74) is 1.43. The van der Waals surface area contributed by atoms with Crippen LogP contribution in [-0.2, 0) is 23.9 Å². The summed E-state index contributed by atoms with van der Waals surface area (Å²) in [7, 11) is 12.1. The number of carbonyl (C=O) groups is 1. The molecule has 0 radical (unpaired) electrons. The van der Waals surface area contributed by atoms with Crippen molar-refractivity contribution in [2.45, 2.75) is 6.42 Å². The predicted octanol–water partition coefficient (Wildman–Crippen LogP) is 3.76. The van der Waals surface area contributed by atoms with Gasteiger partial charge in [0.1, 0.15) is 0 Å². The van der Waals surface area contributed by atoms with Gasteiger partial charge in [0.2, 0.25) is 0 Å². The minimum atomic E-state index is -2.64. The maximum atomic E-state index is 12.0. The standard InChI is InChI=1S/C12H10NO.2ClH.Hf/c14-12(10-6-4-5-7-10)13-11-8-2-1-3-9-11;;;/h1-4,6,8-9H,5H2,(H,13,14);2*1H;/q;;;+2/p-2. The molecule has 1 aromatic carbocycles. The second-order valence-electron chi connectivity index (χ2n) is 3.58. The number of hydrogen-bond acceptors (Lipinski definition) is 1.